The van der Waals surface area contributed by atoms with Gasteiger partial charge in [-0.05, 0) is 55.2 Å². The molecular formula is C30H36N2O3S. The number of nitrogens with zero attached hydrogens (tertiary/aromatic N) is 1. The van der Waals surface area contributed by atoms with Crippen LogP contribution < -0.4 is 10.1 Å². The standard InChI is InChI=1S/C30H36N2O3S/c1-22(2)31-30(34)28(18-24-11-6-5-7-12-24)32(19-26-13-9-8-10-23(26)3)29(33)21-36-20-25-14-16-27(35-4)17-15-25/h5-17,22,28H,18-21H2,1-4H3,(H,31,34)/t28-/m1/s1. The van der Waals surface area contributed by atoms with Gasteiger partial charge in [0.15, 0.2) is 0 Å². The molecule has 1 N–H and O–H groups in total. The molecule has 0 heterocycles. The van der Waals surface area contributed by atoms with Gasteiger partial charge in [-0.25, -0.2) is 0 Å². The summed E-state index contributed by atoms with van der Waals surface area (Å²) < 4.78 is 5.23. The number of rotatable bonds is 12. The maximum atomic E-state index is 13.7. The van der Waals surface area contributed by atoms with E-state index in [0.29, 0.717) is 18.7 Å². The Bertz CT molecular complexity index is 1120. The molecule has 0 aromatic heterocycles. The Morgan fingerprint density at radius 3 is 2.22 bits per heavy atom. The van der Waals surface area contributed by atoms with Gasteiger partial charge in [-0.15, -0.1) is 11.8 Å². The minimum absolute atomic E-state index is 0.0179. The fourth-order valence-electron chi connectivity index (χ4n) is 3.97. The molecule has 3 rings (SSSR count). The molecule has 1 atom stereocenters. The highest BCUT2D eigenvalue weighted by Gasteiger charge is 2.30. The highest BCUT2D eigenvalue weighted by atomic mass is 32.2. The van der Waals surface area contributed by atoms with Crippen molar-refractivity contribution in [1.82, 2.24) is 10.2 Å². The van der Waals surface area contributed by atoms with E-state index in [9.17, 15) is 9.59 Å². The molecule has 0 unspecified atom stereocenters. The van der Waals surface area contributed by atoms with Crippen molar-refractivity contribution in [3.63, 3.8) is 0 Å². The van der Waals surface area contributed by atoms with Gasteiger partial charge in [-0.1, -0.05) is 66.7 Å². The van der Waals surface area contributed by atoms with Crippen LogP contribution in [0.15, 0.2) is 78.9 Å². The van der Waals surface area contributed by atoms with Gasteiger partial charge in [0, 0.05) is 24.8 Å². The van der Waals surface area contributed by atoms with E-state index in [-0.39, 0.29) is 23.6 Å². The molecular weight excluding hydrogens is 468 g/mol. The van der Waals surface area contributed by atoms with E-state index in [0.717, 1.165) is 28.0 Å². The van der Waals surface area contributed by atoms with Gasteiger partial charge in [0.05, 0.1) is 12.9 Å². The summed E-state index contributed by atoms with van der Waals surface area (Å²) in [5.74, 6) is 1.63. The lowest BCUT2D eigenvalue weighted by atomic mass is 10.0. The molecule has 6 heteroatoms. The number of carbonyl (C=O) groups excluding carboxylic acids is 2. The summed E-state index contributed by atoms with van der Waals surface area (Å²) in [6, 6.07) is 25.2. The van der Waals surface area contributed by atoms with Crippen molar-refractivity contribution < 1.29 is 14.3 Å². The fraction of sp³-hybridized carbons (Fsp3) is 0.333. The summed E-state index contributed by atoms with van der Waals surface area (Å²) in [6.07, 6.45) is 0.458. The lowest BCUT2D eigenvalue weighted by Gasteiger charge is -2.32. The summed E-state index contributed by atoms with van der Waals surface area (Å²) in [5.41, 5.74) is 4.29. The largest absolute Gasteiger partial charge is 0.497 e. The smallest absolute Gasteiger partial charge is 0.243 e. The average Bonchev–Trinajstić information content (AvgIpc) is 2.87. The van der Waals surface area contributed by atoms with Crippen LogP contribution >= 0.6 is 11.8 Å². The third kappa shape index (κ3) is 8.16. The quantitative estimate of drug-likeness (QED) is 0.359. The molecule has 2 amide bonds. The van der Waals surface area contributed by atoms with Gasteiger partial charge in [0.1, 0.15) is 11.8 Å². The van der Waals surface area contributed by atoms with Crippen molar-refractivity contribution in [2.24, 2.45) is 0 Å². The van der Waals surface area contributed by atoms with E-state index in [1.807, 2.05) is 99.6 Å². The number of ether oxygens (including phenoxy) is 1. The minimum Gasteiger partial charge on any atom is -0.497 e. The molecule has 0 radical (unpaired) electrons. The third-order valence-electron chi connectivity index (χ3n) is 5.96. The average molecular weight is 505 g/mol. The van der Waals surface area contributed by atoms with Crippen molar-refractivity contribution >= 4 is 23.6 Å². The number of thioether (sulfide) groups is 1. The maximum Gasteiger partial charge on any atom is 0.243 e. The van der Waals surface area contributed by atoms with E-state index < -0.39 is 6.04 Å². The van der Waals surface area contributed by atoms with E-state index in [4.69, 9.17) is 4.74 Å². The molecule has 0 bridgehead atoms. The van der Waals surface area contributed by atoms with Crippen LogP contribution in [0, 0.1) is 6.92 Å². The summed E-state index contributed by atoms with van der Waals surface area (Å²) in [7, 11) is 1.65. The number of methoxy groups -OCH3 is 1. The summed E-state index contributed by atoms with van der Waals surface area (Å²) >= 11 is 1.56. The molecule has 0 fully saturated rings. The van der Waals surface area contributed by atoms with Crippen LogP contribution in [0.2, 0.25) is 0 Å². The molecule has 0 saturated carbocycles. The first-order valence-electron chi connectivity index (χ1n) is 12.3. The number of nitrogens with one attached hydrogen (secondary N) is 1. The lowest BCUT2D eigenvalue weighted by molar-refractivity contribution is -0.139. The predicted octanol–water partition coefficient (Wildman–Crippen LogP) is 5.40. The second-order valence-electron chi connectivity index (χ2n) is 9.16. The summed E-state index contributed by atoms with van der Waals surface area (Å²) in [5, 5.41) is 3.04. The number of aryl methyl sites for hydroxylation is 1. The number of hydrogen-bond acceptors (Lipinski definition) is 4. The fourth-order valence-corrected chi connectivity index (χ4v) is 4.84. The number of benzene rings is 3. The predicted molar refractivity (Wildman–Crippen MR) is 148 cm³/mol. The Labute approximate surface area is 219 Å². The monoisotopic (exact) mass is 504 g/mol. The molecule has 36 heavy (non-hydrogen) atoms. The number of carbonyl (C=O) groups is 2. The van der Waals surface area contributed by atoms with Crippen molar-refractivity contribution in [3.05, 3.63) is 101 Å². The Morgan fingerprint density at radius 1 is 0.917 bits per heavy atom. The zero-order chi connectivity index (χ0) is 25.9. The third-order valence-corrected chi connectivity index (χ3v) is 6.95. The van der Waals surface area contributed by atoms with E-state index >= 15 is 0 Å². The van der Waals surface area contributed by atoms with Gasteiger partial charge in [0.2, 0.25) is 11.8 Å². The Hall–Kier alpha value is -3.25. The van der Waals surface area contributed by atoms with Crippen LogP contribution in [0.25, 0.3) is 0 Å². The lowest BCUT2D eigenvalue weighted by Crippen LogP contribution is -2.52. The Morgan fingerprint density at radius 2 is 1.58 bits per heavy atom. The van der Waals surface area contributed by atoms with Gasteiger partial charge in [0.25, 0.3) is 0 Å². The molecule has 5 nitrogen and oxygen atoms in total. The zero-order valence-corrected chi connectivity index (χ0v) is 22.4. The van der Waals surface area contributed by atoms with Gasteiger partial charge in [-0.2, -0.15) is 0 Å². The minimum atomic E-state index is -0.608. The van der Waals surface area contributed by atoms with Crippen LogP contribution in [0.4, 0.5) is 0 Å². The van der Waals surface area contributed by atoms with Crippen LogP contribution in [-0.4, -0.2) is 41.7 Å². The SMILES string of the molecule is COc1ccc(CSCC(=O)N(Cc2ccccc2C)[C@H](Cc2ccccc2)C(=O)NC(C)C)cc1. The molecule has 3 aromatic rings. The van der Waals surface area contributed by atoms with E-state index in [2.05, 4.69) is 5.32 Å². The van der Waals surface area contributed by atoms with Crippen LogP contribution in [0.3, 0.4) is 0 Å². The molecule has 190 valence electrons. The highest BCUT2D eigenvalue weighted by Crippen LogP contribution is 2.21. The molecule has 0 aliphatic rings. The first kappa shape index (κ1) is 27.3. The number of hydrogen-bond donors (Lipinski definition) is 1. The van der Waals surface area contributed by atoms with Crippen LogP contribution in [-0.2, 0) is 28.3 Å². The van der Waals surface area contributed by atoms with Crippen molar-refractivity contribution in [2.45, 2.75) is 51.6 Å². The van der Waals surface area contributed by atoms with Crippen molar-refractivity contribution in [1.29, 1.82) is 0 Å². The molecule has 0 aliphatic carbocycles. The zero-order valence-electron chi connectivity index (χ0n) is 21.6. The van der Waals surface area contributed by atoms with E-state index in [1.165, 1.54) is 0 Å². The van der Waals surface area contributed by atoms with Crippen LogP contribution in [0.5, 0.6) is 5.75 Å². The Balaban J connectivity index is 1.83. The molecule has 0 aliphatic heterocycles. The topological polar surface area (TPSA) is 58.6 Å². The van der Waals surface area contributed by atoms with E-state index in [1.54, 1.807) is 23.8 Å². The van der Waals surface area contributed by atoms with Crippen molar-refractivity contribution in [3.8, 4) is 5.75 Å². The molecule has 0 saturated heterocycles. The first-order valence-corrected chi connectivity index (χ1v) is 13.4. The maximum absolute atomic E-state index is 13.7. The van der Waals surface area contributed by atoms with Crippen LogP contribution in [0.1, 0.15) is 36.1 Å². The van der Waals surface area contributed by atoms with Gasteiger partial charge in [-0.3, -0.25) is 9.59 Å². The normalized spacial score (nSPS) is 11.7. The Kier molecular flexibility index (Phi) is 10.4. The second-order valence-corrected chi connectivity index (χ2v) is 10.1. The highest BCUT2D eigenvalue weighted by molar-refractivity contribution is 7.99. The summed E-state index contributed by atoms with van der Waals surface area (Å²) in [6.45, 7) is 6.31. The van der Waals surface area contributed by atoms with Crippen molar-refractivity contribution in [2.75, 3.05) is 12.9 Å². The second kappa shape index (κ2) is 13.7. The van der Waals surface area contributed by atoms with Gasteiger partial charge >= 0.3 is 0 Å². The van der Waals surface area contributed by atoms with Gasteiger partial charge < -0.3 is 15.0 Å². The number of amides is 2. The molecule has 0 spiro atoms. The molecule has 3 aromatic carbocycles. The first-order chi connectivity index (χ1) is 17.4. The summed E-state index contributed by atoms with van der Waals surface area (Å²) in [4.78, 5) is 28.8.